The molecule has 1 rings (SSSR count). The number of carbonyl (C=O) groups is 2. The van der Waals surface area contributed by atoms with Crippen LogP contribution >= 0.6 is 11.6 Å². The molecule has 0 aromatic rings. The van der Waals surface area contributed by atoms with Crippen molar-refractivity contribution < 1.29 is 19.8 Å². The number of allylic oxidation sites excluding steroid dienone is 2. The highest BCUT2D eigenvalue weighted by atomic mass is 35.5. The molecule has 0 aromatic carbocycles. The molecule has 25 heavy (non-hydrogen) atoms. The molecule has 2 N–H and O–H groups in total. The van der Waals surface area contributed by atoms with Crippen LogP contribution in [0.2, 0.25) is 0 Å². The van der Waals surface area contributed by atoms with Gasteiger partial charge in [0.1, 0.15) is 5.60 Å². The molecule has 142 valence electrons. The summed E-state index contributed by atoms with van der Waals surface area (Å²) in [6.45, 7) is 2.18. The van der Waals surface area contributed by atoms with Crippen LogP contribution in [-0.4, -0.2) is 27.6 Å². The van der Waals surface area contributed by atoms with Crippen LogP contribution in [-0.2, 0) is 9.59 Å². The number of carboxylic acids is 1. The van der Waals surface area contributed by atoms with Crippen molar-refractivity contribution >= 4 is 23.4 Å². The van der Waals surface area contributed by atoms with Crippen LogP contribution < -0.4 is 0 Å². The van der Waals surface area contributed by atoms with Crippen molar-refractivity contribution in [1.29, 1.82) is 0 Å². The van der Waals surface area contributed by atoms with Gasteiger partial charge >= 0.3 is 5.97 Å². The number of hydrogen-bond acceptors (Lipinski definition) is 3. The molecule has 1 aliphatic rings. The van der Waals surface area contributed by atoms with Crippen LogP contribution in [0.4, 0.5) is 0 Å². The summed E-state index contributed by atoms with van der Waals surface area (Å²) >= 11 is 5.97. The van der Waals surface area contributed by atoms with E-state index in [9.17, 15) is 14.7 Å². The topological polar surface area (TPSA) is 74.6 Å². The third-order valence-electron chi connectivity index (χ3n) is 4.65. The van der Waals surface area contributed by atoms with E-state index in [4.69, 9.17) is 16.7 Å². The van der Waals surface area contributed by atoms with E-state index in [2.05, 4.69) is 6.92 Å². The predicted octanol–water partition coefficient (Wildman–Crippen LogP) is 5.14. The van der Waals surface area contributed by atoms with Crippen LogP contribution in [0.3, 0.4) is 0 Å². The van der Waals surface area contributed by atoms with Gasteiger partial charge in [-0.05, 0) is 38.2 Å². The average Bonchev–Trinajstić information content (AvgIpc) is 2.76. The van der Waals surface area contributed by atoms with E-state index >= 15 is 0 Å². The lowest BCUT2D eigenvalue weighted by atomic mass is 9.89. The largest absolute Gasteiger partial charge is 0.481 e. The molecule has 0 aromatic heterocycles. The molecular weight excluding hydrogens is 340 g/mol. The van der Waals surface area contributed by atoms with Crippen LogP contribution in [0.5, 0.6) is 0 Å². The second-order valence-corrected chi connectivity index (χ2v) is 7.28. The fraction of sp³-hybridized carbons (Fsp3) is 0.700. The first-order valence-electron chi connectivity index (χ1n) is 9.48. The molecule has 0 heterocycles. The second kappa shape index (κ2) is 11.5. The van der Waals surface area contributed by atoms with Gasteiger partial charge in [-0.2, -0.15) is 0 Å². The minimum absolute atomic E-state index is 0.102. The number of aliphatic hydroxyl groups is 1. The summed E-state index contributed by atoms with van der Waals surface area (Å²) in [7, 11) is 0. The Hall–Kier alpha value is -1.13. The molecule has 0 saturated carbocycles. The molecular formula is C20H31ClO4. The number of rotatable bonds is 13. The zero-order valence-electron chi connectivity index (χ0n) is 15.2. The molecule has 1 atom stereocenters. The number of hydrogen-bond donors (Lipinski definition) is 2. The summed E-state index contributed by atoms with van der Waals surface area (Å²) in [6.07, 6.45) is 13.6. The van der Waals surface area contributed by atoms with Crippen molar-refractivity contribution in [2.24, 2.45) is 0 Å². The van der Waals surface area contributed by atoms with Gasteiger partial charge < -0.3 is 10.2 Å². The zero-order chi connectivity index (χ0) is 18.7. The second-order valence-electron chi connectivity index (χ2n) is 6.87. The molecule has 5 heteroatoms. The summed E-state index contributed by atoms with van der Waals surface area (Å²) in [5, 5.41) is 19.6. The van der Waals surface area contributed by atoms with Crippen LogP contribution in [0.15, 0.2) is 22.8 Å². The fourth-order valence-corrected chi connectivity index (χ4v) is 3.46. The first-order chi connectivity index (χ1) is 11.9. The molecule has 0 fully saturated rings. The van der Waals surface area contributed by atoms with Crippen molar-refractivity contribution in [3.05, 3.63) is 22.8 Å². The van der Waals surface area contributed by atoms with E-state index in [0.717, 1.165) is 32.1 Å². The third kappa shape index (κ3) is 7.74. The summed E-state index contributed by atoms with van der Waals surface area (Å²) < 4.78 is 0. The van der Waals surface area contributed by atoms with E-state index in [0.29, 0.717) is 24.8 Å². The molecule has 0 spiro atoms. The van der Waals surface area contributed by atoms with Gasteiger partial charge in [-0.3, -0.25) is 9.59 Å². The van der Waals surface area contributed by atoms with E-state index in [1.807, 2.05) is 0 Å². The SMILES string of the molecule is CCCCCCCCC1(O)C=C(Cl)C(=O)/C1=C/CCCCCC(=O)O. The maximum Gasteiger partial charge on any atom is 0.303 e. The highest BCUT2D eigenvalue weighted by Gasteiger charge is 2.40. The quantitative estimate of drug-likeness (QED) is 0.348. The van der Waals surface area contributed by atoms with Gasteiger partial charge in [0.25, 0.3) is 0 Å². The third-order valence-corrected chi connectivity index (χ3v) is 4.93. The zero-order valence-corrected chi connectivity index (χ0v) is 16.0. The van der Waals surface area contributed by atoms with E-state index in [-0.39, 0.29) is 17.2 Å². The van der Waals surface area contributed by atoms with Crippen LogP contribution in [0.1, 0.15) is 84.0 Å². The first-order valence-corrected chi connectivity index (χ1v) is 9.86. The molecule has 0 amide bonds. The average molecular weight is 371 g/mol. The van der Waals surface area contributed by atoms with Gasteiger partial charge in [-0.25, -0.2) is 0 Å². The number of carboxylic acid groups (broad SMARTS) is 1. The maximum absolute atomic E-state index is 12.2. The number of halogens is 1. The van der Waals surface area contributed by atoms with Gasteiger partial charge in [0.05, 0.1) is 5.03 Å². The Morgan fingerprint density at radius 2 is 1.76 bits per heavy atom. The summed E-state index contributed by atoms with van der Waals surface area (Å²) in [5.41, 5.74) is -0.843. The number of carbonyl (C=O) groups excluding carboxylic acids is 1. The molecule has 0 saturated heterocycles. The molecule has 4 nitrogen and oxygen atoms in total. The lowest BCUT2D eigenvalue weighted by molar-refractivity contribution is -0.137. The van der Waals surface area contributed by atoms with Crippen LogP contribution in [0.25, 0.3) is 0 Å². The highest BCUT2D eigenvalue weighted by Crippen LogP contribution is 2.37. The number of ketones is 1. The summed E-state index contributed by atoms with van der Waals surface area (Å²) in [4.78, 5) is 22.7. The molecule has 0 bridgehead atoms. The van der Waals surface area contributed by atoms with Crippen LogP contribution in [0, 0.1) is 0 Å². The van der Waals surface area contributed by atoms with Crippen molar-refractivity contribution in [2.75, 3.05) is 0 Å². The smallest absolute Gasteiger partial charge is 0.303 e. The standard InChI is InChI=1S/C20H31ClO4/c1-2-3-4-5-8-11-14-20(25)15-17(21)19(24)16(20)12-9-6-7-10-13-18(22)23/h12,15,25H,2-11,13-14H2,1H3,(H,22,23)/b16-12-. The number of unbranched alkanes of at least 4 members (excludes halogenated alkanes) is 8. The Morgan fingerprint density at radius 1 is 1.12 bits per heavy atom. The van der Waals surface area contributed by atoms with E-state index < -0.39 is 11.6 Å². The molecule has 1 aliphatic carbocycles. The van der Waals surface area contributed by atoms with Gasteiger partial charge in [-0.1, -0.05) is 63.1 Å². The summed E-state index contributed by atoms with van der Waals surface area (Å²) in [6, 6.07) is 0. The predicted molar refractivity (Wildman–Crippen MR) is 101 cm³/mol. The van der Waals surface area contributed by atoms with E-state index in [1.54, 1.807) is 6.08 Å². The lowest BCUT2D eigenvalue weighted by Gasteiger charge is -2.22. The van der Waals surface area contributed by atoms with E-state index in [1.165, 1.54) is 25.3 Å². The minimum Gasteiger partial charge on any atom is -0.481 e. The Bertz CT molecular complexity index is 510. The first kappa shape index (κ1) is 21.9. The fourth-order valence-electron chi connectivity index (χ4n) is 3.17. The maximum atomic E-state index is 12.2. The van der Waals surface area contributed by atoms with Crippen molar-refractivity contribution in [3.63, 3.8) is 0 Å². The Kier molecular flexibility index (Phi) is 10.1. The van der Waals surface area contributed by atoms with Gasteiger partial charge in [-0.15, -0.1) is 0 Å². The van der Waals surface area contributed by atoms with Gasteiger partial charge in [0.2, 0.25) is 5.78 Å². The Labute approximate surface area is 156 Å². The highest BCUT2D eigenvalue weighted by molar-refractivity contribution is 6.46. The molecule has 1 unspecified atom stereocenters. The number of aliphatic carboxylic acids is 1. The molecule has 0 aliphatic heterocycles. The normalized spacial score (nSPS) is 21.8. The van der Waals surface area contributed by atoms with Gasteiger partial charge in [0.15, 0.2) is 0 Å². The Balaban J connectivity index is 2.47. The number of Topliss-reactive ketones (excluding diaryl/α,β-unsaturated/α-hetero) is 1. The Morgan fingerprint density at radius 3 is 2.44 bits per heavy atom. The monoisotopic (exact) mass is 370 g/mol. The minimum atomic E-state index is -1.24. The van der Waals surface area contributed by atoms with Crippen molar-refractivity contribution in [2.45, 2.75) is 89.6 Å². The van der Waals surface area contributed by atoms with Crippen molar-refractivity contribution in [1.82, 2.24) is 0 Å². The summed E-state index contributed by atoms with van der Waals surface area (Å²) in [5.74, 6) is -1.06. The van der Waals surface area contributed by atoms with Crippen molar-refractivity contribution in [3.8, 4) is 0 Å². The van der Waals surface area contributed by atoms with Gasteiger partial charge in [0, 0.05) is 12.0 Å². The molecule has 0 radical (unpaired) electrons. The lowest BCUT2D eigenvalue weighted by Crippen LogP contribution is -2.27.